The molecule has 1 aliphatic rings. The van der Waals surface area contributed by atoms with Gasteiger partial charge in [-0.3, -0.25) is 15.1 Å². The van der Waals surface area contributed by atoms with Crippen LogP contribution >= 0.6 is 0 Å². The van der Waals surface area contributed by atoms with Crippen LogP contribution in [0.4, 0.5) is 0 Å². The van der Waals surface area contributed by atoms with Crippen molar-refractivity contribution in [1.29, 1.82) is 5.41 Å². The van der Waals surface area contributed by atoms with Crippen LogP contribution in [-0.2, 0) is 4.79 Å². The van der Waals surface area contributed by atoms with Crippen molar-refractivity contribution in [2.45, 2.75) is 70.9 Å². The highest BCUT2D eigenvalue weighted by atomic mass is 16.1. The van der Waals surface area contributed by atoms with Gasteiger partial charge in [-0.2, -0.15) is 0 Å². The zero-order valence-electron chi connectivity index (χ0n) is 14.4. The normalized spacial score (nSPS) is 17.2. The molecule has 0 unspecified atom stereocenters. The lowest BCUT2D eigenvalue weighted by atomic mass is 9.98. The molecule has 1 aliphatic heterocycles. The van der Waals surface area contributed by atoms with Gasteiger partial charge in [0.05, 0.1) is 0 Å². The Morgan fingerprint density at radius 2 is 1.86 bits per heavy atom. The Bertz CT molecular complexity index is 356. The molecular weight excluding hydrogens is 278 g/mol. The third-order valence-electron chi connectivity index (χ3n) is 4.20. The standard InChI is InChI=1S/C16H33N5O/c1-16(2,3)21-11-8-13(9-12-21)20-14(22)7-5-4-6-10-19-15(17)18/h13H,4-12H2,1-3H3,(H,20,22)(H4,17,18,19). The molecule has 22 heavy (non-hydrogen) atoms. The van der Waals surface area contributed by atoms with Crippen molar-refractivity contribution in [2.24, 2.45) is 5.73 Å². The molecular formula is C16H33N5O. The molecule has 0 spiro atoms. The average molecular weight is 311 g/mol. The molecule has 5 N–H and O–H groups in total. The minimum atomic E-state index is 0.0133. The molecule has 1 heterocycles. The summed E-state index contributed by atoms with van der Waals surface area (Å²) in [6.07, 6.45) is 5.51. The Labute approximate surface area is 134 Å². The first-order valence-corrected chi connectivity index (χ1v) is 8.41. The number of guanidine groups is 1. The van der Waals surface area contributed by atoms with E-state index in [0.29, 0.717) is 19.0 Å². The van der Waals surface area contributed by atoms with E-state index in [1.165, 1.54) is 0 Å². The zero-order valence-corrected chi connectivity index (χ0v) is 14.4. The molecule has 1 saturated heterocycles. The number of amides is 1. The van der Waals surface area contributed by atoms with Gasteiger partial charge in [0, 0.05) is 37.6 Å². The third-order valence-corrected chi connectivity index (χ3v) is 4.20. The van der Waals surface area contributed by atoms with Gasteiger partial charge in [0.25, 0.3) is 0 Å². The molecule has 1 fully saturated rings. The first-order chi connectivity index (χ1) is 10.3. The van der Waals surface area contributed by atoms with Crippen molar-refractivity contribution < 1.29 is 4.79 Å². The maximum absolute atomic E-state index is 11.9. The van der Waals surface area contributed by atoms with Crippen LogP contribution in [0.3, 0.4) is 0 Å². The summed E-state index contributed by atoms with van der Waals surface area (Å²) in [6.45, 7) is 9.56. The highest BCUT2D eigenvalue weighted by molar-refractivity contribution is 5.76. The highest BCUT2D eigenvalue weighted by Crippen LogP contribution is 2.20. The summed E-state index contributed by atoms with van der Waals surface area (Å²) in [4.78, 5) is 14.4. The van der Waals surface area contributed by atoms with E-state index >= 15 is 0 Å². The predicted molar refractivity (Wildman–Crippen MR) is 90.9 cm³/mol. The number of hydrogen-bond acceptors (Lipinski definition) is 3. The van der Waals surface area contributed by atoms with Crippen LogP contribution in [0.25, 0.3) is 0 Å². The smallest absolute Gasteiger partial charge is 0.220 e. The zero-order chi connectivity index (χ0) is 16.6. The van der Waals surface area contributed by atoms with E-state index in [2.05, 4.69) is 36.3 Å². The summed E-state index contributed by atoms with van der Waals surface area (Å²) >= 11 is 0. The van der Waals surface area contributed by atoms with Gasteiger partial charge >= 0.3 is 0 Å². The second-order valence-electron chi connectivity index (χ2n) is 7.15. The Kier molecular flexibility index (Phi) is 7.65. The van der Waals surface area contributed by atoms with Crippen molar-refractivity contribution in [3.63, 3.8) is 0 Å². The van der Waals surface area contributed by atoms with Crippen LogP contribution in [0.15, 0.2) is 0 Å². The van der Waals surface area contributed by atoms with Crippen molar-refractivity contribution >= 4 is 11.9 Å². The van der Waals surface area contributed by atoms with E-state index in [4.69, 9.17) is 11.1 Å². The van der Waals surface area contributed by atoms with Gasteiger partial charge in [0.2, 0.25) is 5.91 Å². The van der Waals surface area contributed by atoms with E-state index in [1.807, 2.05) is 0 Å². The molecule has 0 bridgehead atoms. The van der Waals surface area contributed by atoms with Gasteiger partial charge in [-0.25, -0.2) is 0 Å². The van der Waals surface area contributed by atoms with Crippen LogP contribution in [-0.4, -0.2) is 48.0 Å². The van der Waals surface area contributed by atoms with Crippen LogP contribution in [0.1, 0.15) is 59.3 Å². The van der Waals surface area contributed by atoms with E-state index in [1.54, 1.807) is 0 Å². The molecule has 0 aliphatic carbocycles. The Balaban J connectivity index is 2.08. The minimum absolute atomic E-state index is 0.0133. The number of carbonyl (C=O) groups is 1. The fraction of sp³-hybridized carbons (Fsp3) is 0.875. The van der Waals surface area contributed by atoms with Gasteiger partial charge in [0.15, 0.2) is 5.96 Å². The Hall–Kier alpha value is -1.30. The number of hydrogen-bond donors (Lipinski definition) is 4. The van der Waals surface area contributed by atoms with Gasteiger partial charge < -0.3 is 16.4 Å². The number of carbonyl (C=O) groups excluding carboxylic acids is 1. The number of unbranched alkanes of at least 4 members (excludes halogenated alkanes) is 2. The first kappa shape index (κ1) is 18.7. The summed E-state index contributed by atoms with van der Waals surface area (Å²) < 4.78 is 0. The van der Waals surface area contributed by atoms with Crippen LogP contribution in [0.5, 0.6) is 0 Å². The molecule has 6 nitrogen and oxygen atoms in total. The average Bonchev–Trinajstić information content (AvgIpc) is 2.42. The fourth-order valence-electron chi connectivity index (χ4n) is 2.80. The molecule has 0 aromatic rings. The van der Waals surface area contributed by atoms with Crippen molar-refractivity contribution in [1.82, 2.24) is 15.5 Å². The lowest BCUT2D eigenvalue weighted by Gasteiger charge is -2.41. The van der Waals surface area contributed by atoms with Crippen LogP contribution in [0.2, 0.25) is 0 Å². The van der Waals surface area contributed by atoms with Crippen LogP contribution in [0, 0.1) is 5.41 Å². The summed E-state index contributed by atoms with van der Waals surface area (Å²) in [6, 6.07) is 0.338. The second-order valence-corrected chi connectivity index (χ2v) is 7.15. The van der Waals surface area contributed by atoms with Gasteiger partial charge in [-0.15, -0.1) is 0 Å². The van der Waals surface area contributed by atoms with Crippen molar-refractivity contribution in [3.8, 4) is 0 Å². The summed E-state index contributed by atoms with van der Waals surface area (Å²) in [5.41, 5.74) is 5.43. The molecule has 128 valence electrons. The predicted octanol–water partition coefficient (Wildman–Crippen LogP) is 1.41. The lowest BCUT2D eigenvalue weighted by molar-refractivity contribution is -0.122. The molecule has 1 rings (SSSR count). The molecule has 0 aromatic carbocycles. The van der Waals surface area contributed by atoms with E-state index in [9.17, 15) is 4.79 Å². The minimum Gasteiger partial charge on any atom is -0.370 e. The van der Waals surface area contributed by atoms with Gasteiger partial charge in [-0.05, 0) is 46.5 Å². The number of nitrogens with one attached hydrogen (secondary N) is 3. The van der Waals surface area contributed by atoms with Gasteiger partial charge in [0.1, 0.15) is 0 Å². The molecule has 0 aromatic heterocycles. The topological polar surface area (TPSA) is 94.2 Å². The third kappa shape index (κ3) is 7.64. The van der Waals surface area contributed by atoms with E-state index in [-0.39, 0.29) is 17.4 Å². The fourth-order valence-corrected chi connectivity index (χ4v) is 2.80. The Morgan fingerprint density at radius 3 is 2.41 bits per heavy atom. The van der Waals surface area contributed by atoms with E-state index in [0.717, 1.165) is 45.2 Å². The number of rotatable bonds is 7. The highest BCUT2D eigenvalue weighted by Gasteiger charge is 2.27. The van der Waals surface area contributed by atoms with Crippen molar-refractivity contribution in [3.05, 3.63) is 0 Å². The van der Waals surface area contributed by atoms with Crippen LogP contribution < -0.4 is 16.4 Å². The number of piperidine rings is 1. The molecule has 6 heteroatoms. The molecule has 1 amide bonds. The summed E-state index contributed by atoms with van der Waals surface area (Å²) in [7, 11) is 0. The second kappa shape index (κ2) is 8.98. The Morgan fingerprint density at radius 1 is 1.23 bits per heavy atom. The monoisotopic (exact) mass is 311 g/mol. The maximum atomic E-state index is 11.9. The van der Waals surface area contributed by atoms with E-state index < -0.39 is 0 Å². The molecule has 0 atom stereocenters. The number of nitrogens with two attached hydrogens (primary N) is 1. The summed E-state index contributed by atoms with van der Waals surface area (Å²) in [5.74, 6) is 0.188. The quantitative estimate of drug-likeness (QED) is 0.325. The number of nitrogens with zero attached hydrogens (tertiary/aromatic N) is 1. The SMILES string of the molecule is CC(C)(C)N1CCC(NC(=O)CCCCCNC(=N)N)CC1. The summed E-state index contributed by atoms with van der Waals surface area (Å²) in [5, 5.41) is 13.0. The number of likely N-dealkylation sites (tertiary alicyclic amines) is 1. The molecule has 0 saturated carbocycles. The van der Waals surface area contributed by atoms with Crippen molar-refractivity contribution in [2.75, 3.05) is 19.6 Å². The largest absolute Gasteiger partial charge is 0.370 e. The first-order valence-electron chi connectivity index (χ1n) is 8.41. The van der Waals surface area contributed by atoms with Gasteiger partial charge in [-0.1, -0.05) is 6.42 Å². The lowest BCUT2D eigenvalue weighted by Crippen LogP contribution is -2.50. The molecule has 0 radical (unpaired) electrons. The maximum Gasteiger partial charge on any atom is 0.220 e.